The molecule has 0 aliphatic carbocycles. The average Bonchev–Trinajstić information content (AvgIpc) is 2.16. The van der Waals surface area contributed by atoms with Gasteiger partial charge in [0.1, 0.15) is 0 Å². The third-order valence-corrected chi connectivity index (χ3v) is 1.84. The number of hydrogen-bond donors (Lipinski definition) is 2. The van der Waals surface area contributed by atoms with E-state index in [0.717, 1.165) is 5.69 Å². The van der Waals surface area contributed by atoms with Crippen molar-refractivity contribution in [1.29, 1.82) is 0 Å². The van der Waals surface area contributed by atoms with E-state index in [1.165, 1.54) is 0 Å². The van der Waals surface area contributed by atoms with E-state index < -0.39 is 0 Å². The zero-order valence-electron chi connectivity index (χ0n) is 7.41. The molecule has 1 aromatic carbocycles. The Balaban J connectivity index is 2.37. The Bertz CT molecular complexity index is 264. The minimum absolute atomic E-state index is 0.166. The van der Waals surface area contributed by atoms with Crippen molar-refractivity contribution in [2.24, 2.45) is 0 Å². The van der Waals surface area contributed by atoms with Crippen LogP contribution in [-0.2, 0) is 0 Å². The highest BCUT2D eigenvalue weighted by atomic mass is 32.2. The second kappa shape index (κ2) is 5.48. The highest BCUT2D eigenvalue weighted by Crippen LogP contribution is 2.04. The Hall–Kier alpha value is -1.16. The van der Waals surface area contributed by atoms with E-state index in [1.807, 2.05) is 36.6 Å². The molecular formula is C9H12N2OS. The van der Waals surface area contributed by atoms with E-state index >= 15 is 0 Å². The molecule has 4 heteroatoms. The second-order valence-electron chi connectivity index (χ2n) is 2.43. The molecule has 1 rings (SSSR count). The lowest BCUT2D eigenvalue weighted by molar-refractivity contribution is 0.253. The molecule has 2 N–H and O–H groups in total. The summed E-state index contributed by atoms with van der Waals surface area (Å²) in [4.78, 5) is 11.1. The molecule has 2 amide bonds. The summed E-state index contributed by atoms with van der Waals surface area (Å²) in [6.07, 6.45) is 1.93. The van der Waals surface area contributed by atoms with Gasteiger partial charge in [0.25, 0.3) is 0 Å². The Labute approximate surface area is 81.9 Å². The maximum atomic E-state index is 11.1. The molecule has 0 unspecified atom stereocenters. The first-order chi connectivity index (χ1) is 6.33. The number of anilines is 1. The number of carbonyl (C=O) groups is 1. The summed E-state index contributed by atoms with van der Waals surface area (Å²) in [6.45, 7) is 0. The Morgan fingerprint density at radius 2 is 2.08 bits per heavy atom. The standard InChI is InChI=1S/C9H12N2OS/c1-13-7-10-9(12)11-8-5-3-2-4-6-8/h2-6H,7H2,1H3,(H2,10,11,12). The lowest BCUT2D eigenvalue weighted by atomic mass is 10.3. The van der Waals surface area contributed by atoms with Crippen LogP contribution in [0.2, 0.25) is 0 Å². The first kappa shape index (κ1) is 9.92. The predicted octanol–water partition coefficient (Wildman–Crippen LogP) is 2.13. The van der Waals surface area contributed by atoms with Gasteiger partial charge in [-0.05, 0) is 18.4 Å². The highest BCUT2D eigenvalue weighted by Gasteiger charge is 1.97. The van der Waals surface area contributed by atoms with E-state index in [4.69, 9.17) is 0 Å². The highest BCUT2D eigenvalue weighted by molar-refractivity contribution is 7.98. The van der Waals surface area contributed by atoms with Gasteiger partial charge in [0.2, 0.25) is 0 Å². The van der Waals surface area contributed by atoms with Crippen LogP contribution in [0.25, 0.3) is 0 Å². The Morgan fingerprint density at radius 3 is 2.69 bits per heavy atom. The summed E-state index contributed by atoms with van der Waals surface area (Å²) >= 11 is 1.57. The van der Waals surface area contributed by atoms with E-state index in [1.54, 1.807) is 11.8 Å². The van der Waals surface area contributed by atoms with Gasteiger partial charge in [-0.3, -0.25) is 0 Å². The van der Waals surface area contributed by atoms with Crippen LogP contribution < -0.4 is 10.6 Å². The van der Waals surface area contributed by atoms with Crippen molar-refractivity contribution in [2.75, 3.05) is 17.4 Å². The molecular weight excluding hydrogens is 184 g/mol. The molecule has 70 valence electrons. The first-order valence-corrected chi connectivity index (χ1v) is 5.31. The maximum Gasteiger partial charge on any atom is 0.319 e. The van der Waals surface area contributed by atoms with Gasteiger partial charge in [-0.2, -0.15) is 0 Å². The van der Waals surface area contributed by atoms with Crippen LogP contribution >= 0.6 is 11.8 Å². The molecule has 0 heterocycles. The number of nitrogens with one attached hydrogen (secondary N) is 2. The molecule has 3 nitrogen and oxygen atoms in total. The van der Waals surface area contributed by atoms with Gasteiger partial charge in [0.15, 0.2) is 0 Å². The Kier molecular flexibility index (Phi) is 4.18. The van der Waals surface area contributed by atoms with Gasteiger partial charge in [0.05, 0.1) is 5.88 Å². The summed E-state index contributed by atoms with van der Waals surface area (Å²) in [5, 5.41) is 5.41. The predicted molar refractivity (Wildman–Crippen MR) is 57.0 cm³/mol. The molecule has 0 spiro atoms. The molecule has 0 bridgehead atoms. The van der Waals surface area contributed by atoms with Gasteiger partial charge in [-0.15, -0.1) is 11.8 Å². The fourth-order valence-corrected chi connectivity index (χ4v) is 1.11. The maximum absolute atomic E-state index is 11.1. The summed E-state index contributed by atoms with van der Waals surface area (Å²) in [6, 6.07) is 9.19. The van der Waals surface area contributed by atoms with Crippen LogP contribution in [0.1, 0.15) is 0 Å². The molecule has 13 heavy (non-hydrogen) atoms. The number of carbonyl (C=O) groups excluding carboxylic acids is 1. The summed E-state index contributed by atoms with van der Waals surface area (Å²) in [7, 11) is 0. The van der Waals surface area contributed by atoms with Crippen molar-refractivity contribution < 1.29 is 4.79 Å². The molecule has 0 aliphatic rings. The topological polar surface area (TPSA) is 41.1 Å². The molecule has 0 atom stereocenters. The first-order valence-electron chi connectivity index (χ1n) is 3.92. The Morgan fingerprint density at radius 1 is 1.38 bits per heavy atom. The number of benzene rings is 1. The van der Waals surface area contributed by atoms with Gasteiger partial charge in [-0.1, -0.05) is 18.2 Å². The normalized spacial score (nSPS) is 9.31. The van der Waals surface area contributed by atoms with Crippen molar-refractivity contribution in [3.63, 3.8) is 0 Å². The van der Waals surface area contributed by atoms with Crippen LogP contribution in [0.15, 0.2) is 30.3 Å². The number of hydrogen-bond acceptors (Lipinski definition) is 2. The van der Waals surface area contributed by atoms with Gasteiger partial charge >= 0.3 is 6.03 Å². The number of para-hydroxylation sites is 1. The molecule has 1 aromatic rings. The quantitative estimate of drug-likeness (QED) is 0.727. The molecule has 0 aliphatic heterocycles. The van der Waals surface area contributed by atoms with Crippen LogP contribution in [0.5, 0.6) is 0 Å². The van der Waals surface area contributed by atoms with Crippen LogP contribution in [0.4, 0.5) is 10.5 Å². The lowest BCUT2D eigenvalue weighted by Crippen LogP contribution is -2.28. The van der Waals surface area contributed by atoms with Gasteiger partial charge in [-0.25, -0.2) is 4.79 Å². The fourth-order valence-electron chi connectivity index (χ4n) is 0.834. The third-order valence-electron chi connectivity index (χ3n) is 1.41. The zero-order valence-corrected chi connectivity index (χ0v) is 8.23. The fraction of sp³-hybridized carbons (Fsp3) is 0.222. The van der Waals surface area contributed by atoms with E-state index in [9.17, 15) is 4.79 Å². The summed E-state index contributed by atoms with van der Waals surface area (Å²) in [5.74, 6) is 0.624. The molecule has 0 fully saturated rings. The smallest absolute Gasteiger partial charge is 0.319 e. The second-order valence-corrected chi connectivity index (χ2v) is 3.30. The molecule has 0 aromatic heterocycles. The zero-order chi connectivity index (χ0) is 9.52. The molecule has 0 saturated heterocycles. The van der Waals surface area contributed by atoms with Crippen molar-refractivity contribution in [2.45, 2.75) is 0 Å². The van der Waals surface area contributed by atoms with Crippen LogP contribution in [0, 0.1) is 0 Å². The number of thioether (sulfide) groups is 1. The SMILES string of the molecule is CSCNC(=O)Nc1ccccc1. The summed E-state index contributed by atoms with van der Waals surface area (Å²) in [5.41, 5.74) is 0.807. The monoisotopic (exact) mass is 196 g/mol. The van der Waals surface area contributed by atoms with Crippen LogP contribution in [0.3, 0.4) is 0 Å². The van der Waals surface area contributed by atoms with Crippen molar-refractivity contribution >= 4 is 23.5 Å². The van der Waals surface area contributed by atoms with Crippen molar-refractivity contribution in [3.05, 3.63) is 30.3 Å². The lowest BCUT2D eigenvalue weighted by Gasteiger charge is -2.05. The van der Waals surface area contributed by atoms with Crippen molar-refractivity contribution in [1.82, 2.24) is 5.32 Å². The van der Waals surface area contributed by atoms with E-state index in [2.05, 4.69) is 10.6 Å². The minimum Gasteiger partial charge on any atom is -0.329 e. The molecule has 0 radical (unpaired) electrons. The van der Waals surface area contributed by atoms with E-state index in [0.29, 0.717) is 5.88 Å². The average molecular weight is 196 g/mol. The van der Waals surface area contributed by atoms with Gasteiger partial charge < -0.3 is 10.6 Å². The minimum atomic E-state index is -0.166. The number of amides is 2. The number of rotatable bonds is 3. The van der Waals surface area contributed by atoms with Gasteiger partial charge in [0, 0.05) is 5.69 Å². The summed E-state index contributed by atoms with van der Waals surface area (Å²) < 4.78 is 0. The van der Waals surface area contributed by atoms with Crippen molar-refractivity contribution in [3.8, 4) is 0 Å². The third kappa shape index (κ3) is 3.85. The largest absolute Gasteiger partial charge is 0.329 e. The van der Waals surface area contributed by atoms with Crippen LogP contribution in [-0.4, -0.2) is 18.2 Å². The molecule has 0 saturated carbocycles. The number of urea groups is 1. The van der Waals surface area contributed by atoms with E-state index in [-0.39, 0.29) is 6.03 Å².